The first kappa shape index (κ1) is 16.5. The van der Waals surface area contributed by atoms with E-state index in [1.165, 1.54) is 0 Å². The molecule has 2 aromatic rings. The van der Waals surface area contributed by atoms with Crippen molar-refractivity contribution in [3.63, 3.8) is 0 Å². The summed E-state index contributed by atoms with van der Waals surface area (Å²) in [6.07, 6.45) is 1.61. The molecule has 1 heterocycles. The molecule has 5 nitrogen and oxygen atoms in total. The third-order valence-corrected chi connectivity index (χ3v) is 3.56. The predicted octanol–water partition coefficient (Wildman–Crippen LogP) is 3.46. The van der Waals surface area contributed by atoms with Gasteiger partial charge < -0.3 is 15.4 Å². The standard InChI is InChI=1S/C16H18BrN3O2/c1-11-9-13(17)3-4-14(11)20-16(21)12-5-6-18-15(10-12)19-7-8-22-2/h3-6,9-10H,7-8H2,1-2H3,(H,18,19)(H,20,21). The zero-order chi connectivity index (χ0) is 15.9. The molecular formula is C16H18BrN3O2. The van der Waals surface area contributed by atoms with Crippen molar-refractivity contribution in [3.8, 4) is 0 Å². The van der Waals surface area contributed by atoms with E-state index in [1.807, 2.05) is 25.1 Å². The lowest BCUT2D eigenvalue weighted by Gasteiger charge is -2.10. The molecule has 116 valence electrons. The van der Waals surface area contributed by atoms with E-state index < -0.39 is 0 Å². The quantitative estimate of drug-likeness (QED) is 0.771. The Hall–Kier alpha value is -1.92. The van der Waals surface area contributed by atoms with Gasteiger partial charge in [-0.15, -0.1) is 0 Å². The van der Waals surface area contributed by atoms with Gasteiger partial charge >= 0.3 is 0 Å². The molecule has 0 spiro atoms. The van der Waals surface area contributed by atoms with Crippen LogP contribution in [0.4, 0.5) is 11.5 Å². The van der Waals surface area contributed by atoms with Crippen LogP contribution < -0.4 is 10.6 Å². The molecule has 0 aliphatic carbocycles. The molecule has 0 radical (unpaired) electrons. The SMILES string of the molecule is COCCNc1cc(C(=O)Nc2ccc(Br)cc2C)ccn1. The number of rotatable bonds is 6. The van der Waals surface area contributed by atoms with Crippen LogP contribution in [0.3, 0.4) is 0 Å². The largest absolute Gasteiger partial charge is 0.383 e. The van der Waals surface area contributed by atoms with Crippen molar-refractivity contribution in [2.45, 2.75) is 6.92 Å². The second-order valence-electron chi connectivity index (χ2n) is 4.76. The summed E-state index contributed by atoms with van der Waals surface area (Å²) < 4.78 is 5.95. The highest BCUT2D eigenvalue weighted by molar-refractivity contribution is 9.10. The van der Waals surface area contributed by atoms with Crippen LogP contribution in [0.2, 0.25) is 0 Å². The van der Waals surface area contributed by atoms with Crippen LogP contribution in [0.25, 0.3) is 0 Å². The van der Waals surface area contributed by atoms with Crippen molar-refractivity contribution in [1.82, 2.24) is 4.98 Å². The van der Waals surface area contributed by atoms with Crippen LogP contribution in [-0.2, 0) is 4.74 Å². The molecular weight excluding hydrogens is 346 g/mol. The summed E-state index contributed by atoms with van der Waals surface area (Å²) in [7, 11) is 1.64. The molecule has 6 heteroatoms. The van der Waals surface area contributed by atoms with E-state index in [9.17, 15) is 4.79 Å². The Labute approximate surface area is 138 Å². The summed E-state index contributed by atoms with van der Waals surface area (Å²) >= 11 is 3.41. The smallest absolute Gasteiger partial charge is 0.255 e. The number of hydrogen-bond acceptors (Lipinski definition) is 4. The van der Waals surface area contributed by atoms with Crippen LogP contribution >= 0.6 is 15.9 Å². The van der Waals surface area contributed by atoms with Gasteiger partial charge in [0.15, 0.2) is 0 Å². The van der Waals surface area contributed by atoms with Crippen LogP contribution in [0.15, 0.2) is 41.0 Å². The van der Waals surface area contributed by atoms with Gasteiger partial charge in [0.1, 0.15) is 5.82 Å². The Morgan fingerprint density at radius 3 is 2.86 bits per heavy atom. The molecule has 0 bridgehead atoms. The molecule has 0 unspecified atom stereocenters. The molecule has 2 N–H and O–H groups in total. The molecule has 0 saturated carbocycles. The molecule has 0 atom stereocenters. The van der Waals surface area contributed by atoms with Gasteiger partial charge in [0.25, 0.3) is 5.91 Å². The number of ether oxygens (including phenoxy) is 1. The molecule has 1 aromatic carbocycles. The lowest BCUT2D eigenvalue weighted by atomic mass is 10.2. The summed E-state index contributed by atoms with van der Waals surface area (Å²) in [4.78, 5) is 16.5. The lowest BCUT2D eigenvalue weighted by molar-refractivity contribution is 0.102. The van der Waals surface area contributed by atoms with Crippen LogP contribution in [-0.4, -0.2) is 31.2 Å². The number of hydrogen-bond donors (Lipinski definition) is 2. The number of pyridine rings is 1. The molecule has 1 amide bonds. The Bertz CT molecular complexity index is 662. The number of nitrogens with one attached hydrogen (secondary N) is 2. The van der Waals surface area contributed by atoms with Crippen molar-refractivity contribution in [2.24, 2.45) is 0 Å². The van der Waals surface area contributed by atoms with E-state index in [2.05, 4.69) is 31.5 Å². The molecule has 22 heavy (non-hydrogen) atoms. The molecule has 0 aliphatic heterocycles. The van der Waals surface area contributed by atoms with E-state index in [1.54, 1.807) is 25.4 Å². The zero-order valence-corrected chi connectivity index (χ0v) is 14.1. The number of carbonyl (C=O) groups excluding carboxylic acids is 1. The highest BCUT2D eigenvalue weighted by Crippen LogP contribution is 2.21. The number of amides is 1. The Balaban J connectivity index is 2.07. The number of methoxy groups -OCH3 is 1. The fourth-order valence-corrected chi connectivity index (χ4v) is 2.39. The van der Waals surface area contributed by atoms with Crippen molar-refractivity contribution >= 4 is 33.3 Å². The average Bonchev–Trinajstić information content (AvgIpc) is 2.50. The second kappa shape index (κ2) is 7.91. The Morgan fingerprint density at radius 2 is 2.14 bits per heavy atom. The summed E-state index contributed by atoms with van der Waals surface area (Å²) in [5, 5.41) is 6.01. The number of halogens is 1. The van der Waals surface area contributed by atoms with Gasteiger partial charge in [0.05, 0.1) is 6.61 Å². The van der Waals surface area contributed by atoms with Crippen molar-refractivity contribution in [3.05, 3.63) is 52.1 Å². The fourth-order valence-electron chi connectivity index (χ4n) is 1.91. The maximum atomic E-state index is 12.3. The number of anilines is 2. The maximum absolute atomic E-state index is 12.3. The maximum Gasteiger partial charge on any atom is 0.255 e. The predicted molar refractivity (Wildman–Crippen MR) is 91.4 cm³/mol. The molecule has 0 saturated heterocycles. The number of aryl methyl sites for hydroxylation is 1. The molecule has 2 rings (SSSR count). The normalized spacial score (nSPS) is 10.3. The van der Waals surface area contributed by atoms with Crippen molar-refractivity contribution < 1.29 is 9.53 Å². The van der Waals surface area contributed by atoms with Gasteiger partial charge in [-0.2, -0.15) is 0 Å². The minimum Gasteiger partial charge on any atom is -0.383 e. The minimum atomic E-state index is -0.164. The van der Waals surface area contributed by atoms with E-state index in [4.69, 9.17) is 4.74 Å². The summed E-state index contributed by atoms with van der Waals surface area (Å²) in [6, 6.07) is 9.13. The molecule has 0 aliphatic rings. The van der Waals surface area contributed by atoms with E-state index in [0.29, 0.717) is 24.5 Å². The average molecular weight is 364 g/mol. The van der Waals surface area contributed by atoms with Crippen LogP contribution in [0.5, 0.6) is 0 Å². The van der Waals surface area contributed by atoms with Crippen molar-refractivity contribution in [2.75, 3.05) is 30.9 Å². The fraction of sp³-hybridized carbons (Fsp3) is 0.250. The van der Waals surface area contributed by atoms with Gasteiger partial charge in [-0.05, 0) is 42.8 Å². The molecule has 0 fully saturated rings. The topological polar surface area (TPSA) is 63.2 Å². The first-order chi connectivity index (χ1) is 10.6. The number of carbonyl (C=O) groups is 1. The zero-order valence-electron chi connectivity index (χ0n) is 12.5. The summed E-state index contributed by atoms with van der Waals surface area (Å²) in [5.41, 5.74) is 2.34. The van der Waals surface area contributed by atoms with Gasteiger partial charge in [0.2, 0.25) is 0 Å². The minimum absolute atomic E-state index is 0.164. The third-order valence-electron chi connectivity index (χ3n) is 3.07. The summed E-state index contributed by atoms with van der Waals surface area (Å²) in [6.45, 7) is 3.17. The van der Waals surface area contributed by atoms with Gasteiger partial charge in [0, 0.05) is 35.6 Å². The van der Waals surface area contributed by atoms with Crippen molar-refractivity contribution in [1.29, 1.82) is 0 Å². The monoisotopic (exact) mass is 363 g/mol. The Kier molecular flexibility index (Phi) is 5.91. The van der Waals surface area contributed by atoms with E-state index >= 15 is 0 Å². The number of nitrogens with zero attached hydrogens (tertiary/aromatic N) is 1. The summed E-state index contributed by atoms with van der Waals surface area (Å²) in [5.74, 6) is 0.486. The van der Waals surface area contributed by atoms with E-state index in [0.717, 1.165) is 15.7 Å². The molecule has 1 aromatic heterocycles. The van der Waals surface area contributed by atoms with Gasteiger partial charge in [-0.25, -0.2) is 4.98 Å². The first-order valence-corrected chi connectivity index (χ1v) is 7.66. The second-order valence-corrected chi connectivity index (χ2v) is 5.68. The highest BCUT2D eigenvalue weighted by Gasteiger charge is 2.09. The van der Waals surface area contributed by atoms with Gasteiger partial charge in [-0.3, -0.25) is 4.79 Å². The highest BCUT2D eigenvalue weighted by atomic mass is 79.9. The van der Waals surface area contributed by atoms with Crippen LogP contribution in [0.1, 0.15) is 15.9 Å². The third kappa shape index (κ3) is 4.54. The van der Waals surface area contributed by atoms with Crippen LogP contribution in [0, 0.1) is 6.92 Å². The number of benzene rings is 1. The number of aromatic nitrogens is 1. The lowest BCUT2D eigenvalue weighted by Crippen LogP contribution is -2.14. The van der Waals surface area contributed by atoms with Gasteiger partial charge in [-0.1, -0.05) is 15.9 Å². The Morgan fingerprint density at radius 1 is 1.32 bits per heavy atom. The first-order valence-electron chi connectivity index (χ1n) is 6.86. The van der Waals surface area contributed by atoms with E-state index in [-0.39, 0.29) is 5.91 Å².